The Morgan fingerprint density at radius 3 is 2.61 bits per heavy atom. The van der Waals surface area contributed by atoms with Crippen molar-refractivity contribution in [3.05, 3.63) is 88.4 Å². The number of hydrogen-bond donors (Lipinski definition) is 1. The zero-order chi connectivity index (χ0) is 23.3. The maximum absolute atomic E-state index is 12.9. The third-order valence-electron chi connectivity index (χ3n) is 6.16. The number of amides is 4. The van der Waals surface area contributed by atoms with Gasteiger partial charge in [-0.1, -0.05) is 12.1 Å². The summed E-state index contributed by atoms with van der Waals surface area (Å²) in [6.07, 6.45) is 1.82. The highest BCUT2D eigenvalue weighted by atomic mass is 16.3. The van der Waals surface area contributed by atoms with E-state index in [2.05, 4.69) is 5.32 Å². The first kappa shape index (κ1) is 20.7. The Hall–Kier alpha value is -4.20. The molecule has 0 radical (unpaired) electrons. The van der Waals surface area contributed by atoms with Gasteiger partial charge in [-0.2, -0.15) is 0 Å². The molecule has 0 spiro atoms. The van der Waals surface area contributed by atoms with E-state index < -0.39 is 11.8 Å². The van der Waals surface area contributed by atoms with Gasteiger partial charge in [0.15, 0.2) is 0 Å². The standard InChI is InChI=1S/C25H21N3O5/c1-14(15-6-8-21-17(10-15)12-22(29)27(21)2)26-23(30)16-5-7-19-20(11-16)25(32)28(24(19)31)13-18-4-3-9-33-18/h3-11,14H,12-13H2,1-2H3,(H,26,30). The summed E-state index contributed by atoms with van der Waals surface area (Å²) in [5, 5.41) is 2.93. The molecule has 0 aliphatic carbocycles. The van der Waals surface area contributed by atoms with Crippen LogP contribution in [0.15, 0.2) is 59.2 Å². The van der Waals surface area contributed by atoms with Gasteiger partial charge >= 0.3 is 0 Å². The molecule has 4 amide bonds. The number of hydrogen-bond acceptors (Lipinski definition) is 5. The second-order valence-corrected chi connectivity index (χ2v) is 8.25. The first-order valence-corrected chi connectivity index (χ1v) is 10.6. The van der Waals surface area contributed by atoms with E-state index in [4.69, 9.17) is 4.42 Å². The topological polar surface area (TPSA) is 99.9 Å². The lowest BCUT2D eigenvalue weighted by atomic mass is 10.0. The van der Waals surface area contributed by atoms with Crippen molar-refractivity contribution in [1.82, 2.24) is 10.2 Å². The SMILES string of the molecule is CC(NC(=O)c1ccc2c(c1)C(=O)N(Cc1ccco1)C2=O)c1ccc2c(c1)CC(=O)N2C. The summed E-state index contributed by atoms with van der Waals surface area (Å²) in [6.45, 7) is 1.89. The number of nitrogens with zero attached hydrogens (tertiary/aromatic N) is 2. The fraction of sp³-hybridized carbons (Fsp3) is 0.200. The number of imide groups is 1. The summed E-state index contributed by atoms with van der Waals surface area (Å²) < 4.78 is 5.25. The third kappa shape index (κ3) is 3.49. The lowest BCUT2D eigenvalue weighted by molar-refractivity contribution is -0.117. The molecule has 8 heteroatoms. The lowest BCUT2D eigenvalue weighted by Gasteiger charge is -2.16. The van der Waals surface area contributed by atoms with E-state index in [1.165, 1.54) is 18.4 Å². The van der Waals surface area contributed by atoms with Gasteiger partial charge in [-0.3, -0.25) is 24.1 Å². The molecule has 3 heterocycles. The highest BCUT2D eigenvalue weighted by molar-refractivity contribution is 6.22. The highest BCUT2D eigenvalue weighted by Gasteiger charge is 2.36. The molecule has 2 aliphatic rings. The summed E-state index contributed by atoms with van der Waals surface area (Å²) in [6, 6.07) is 13.3. The smallest absolute Gasteiger partial charge is 0.261 e. The predicted molar refractivity (Wildman–Crippen MR) is 119 cm³/mol. The Balaban J connectivity index is 1.32. The predicted octanol–water partition coefficient (Wildman–Crippen LogP) is 3.09. The first-order valence-electron chi connectivity index (χ1n) is 10.6. The fourth-order valence-corrected chi connectivity index (χ4v) is 4.26. The van der Waals surface area contributed by atoms with Gasteiger partial charge < -0.3 is 14.6 Å². The van der Waals surface area contributed by atoms with Gasteiger partial charge in [-0.15, -0.1) is 0 Å². The van der Waals surface area contributed by atoms with E-state index in [0.717, 1.165) is 21.7 Å². The molecule has 1 atom stereocenters. The summed E-state index contributed by atoms with van der Waals surface area (Å²) in [5.74, 6) is -0.689. The minimum Gasteiger partial charge on any atom is -0.467 e. The van der Waals surface area contributed by atoms with E-state index >= 15 is 0 Å². The molecular weight excluding hydrogens is 422 g/mol. The summed E-state index contributed by atoms with van der Waals surface area (Å²) in [4.78, 5) is 53.0. The number of furan rings is 1. The molecule has 0 saturated heterocycles. The molecule has 1 aromatic heterocycles. The Kier molecular flexibility index (Phi) is 4.85. The van der Waals surface area contributed by atoms with Crippen LogP contribution in [-0.2, 0) is 17.8 Å². The number of carbonyl (C=O) groups is 4. The van der Waals surface area contributed by atoms with Crippen LogP contribution in [0.25, 0.3) is 0 Å². The number of nitrogens with one attached hydrogen (secondary N) is 1. The van der Waals surface area contributed by atoms with E-state index in [9.17, 15) is 19.2 Å². The van der Waals surface area contributed by atoms with Crippen molar-refractivity contribution < 1.29 is 23.6 Å². The van der Waals surface area contributed by atoms with Crippen molar-refractivity contribution in [2.24, 2.45) is 0 Å². The highest BCUT2D eigenvalue weighted by Crippen LogP contribution is 2.30. The van der Waals surface area contributed by atoms with Crippen molar-refractivity contribution in [3.8, 4) is 0 Å². The van der Waals surface area contributed by atoms with Crippen LogP contribution in [0.4, 0.5) is 5.69 Å². The fourth-order valence-electron chi connectivity index (χ4n) is 4.26. The zero-order valence-electron chi connectivity index (χ0n) is 18.1. The van der Waals surface area contributed by atoms with Crippen LogP contribution in [0.2, 0.25) is 0 Å². The average Bonchev–Trinajstić information content (AvgIpc) is 3.48. The Morgan fingerprint density at radius 2 is 1.85 bits per heavy atom. The monoisotopic (exact) mass is 443 g/mol. The van der Waals surface area contributed by atoms with Crippen LogP contribution in [0.1, 0.15) is 60.9 Å². The normalized spacial score (nSPS) is 15.6. The third-order valence-corrected chi connectivity index (χ3v) is 6.16. The van der Waals surface area contributed by atoms with Gasteiger partial charge in [0, 0.05) is 18.3 Å². The largest absolute Gasteiger partial charge is 0.467 e. The van der Waals surface area contributed by atoms with Crippen molar-refractivity contribution >= 4 is 29.3 Å². The van der Waals surface area contributed by atoms with Crippen LogP contribution >= 0.6 is 0 Å². The molecular formula is C25H21N3O5. The van der Waals surface area contributed by atoms with Gasteiger partial charge in [0.2, 0.25) is 5.91 Å². The number of anilines is 1. The molecule has 2 aromatic carbocycles. The van der Waals surface area contributed by atoms with Crippen molar-refractivity contribution in [3.63, 3.8) is 0 Å². The molecule has 33 heavy (non-hydrogen) atoms. The van der Waals surface area contributed by atoms with Crippen molar-refractivity contribution in [2.45, 2.75) is 25.9 Å². The van der Waals surface area contributed by atoms with Crippen LogP contribution in [-0.4, -0.2) is 35.6 Å². The molecule has 0 bridgehead atoms. The molecule has 0 saturated carbocycles. The summed E-state index contributed by atoms with van der Waals surface area (Å²) in [7, 11) is 1.74. The van der Waals surface area contributed by atoms with Crippen molar-refractivity contribution in [2.75, 3.05) is 11.9 Å². The lowest BCUT2D eigenvalue weighted by Crippen LogP contribution is -2.29. The van der Waals surface area contributed by atoms with Gasteiger partial charge in [-0.05, 0) is 54.4 Å². The molecule has 1 N–H and O–H groups in total. The molecule has 5 rings (SSSR count). The summed E-state index contributed by atoms with van der Waals surface area (Å²) in [5.41, 5.74) is 3.44. The quantitative estimate of drug-likeness (QED) is 0.611. The maximum Gasteiger partial charge on any atom is 0.261 e. The van der Waals surface area contributed by atoms with Crippen molar-refractivity contribution in [1.29, 1.82) is 0 Å². The Bertz CT molecular complexity index is 1310. The average molecular weight is 443 g/mol. The van der Waals surface area contributed by atoms with Gasteiger partial charge in [-0.25, -0.2) is 0 Å². The van der Waals surface area contributed by atoms with E-state index in [-0.39, 0.29) is 41.1 Å². The molecule has 0 fully saturated rings. The molecule has 166 valence electrons. The zero-order valence-corrected chi connectivity index (χ0v) is 18.1. The molecule has 1 unspecified atom stereocenters. The maximum atomic E-state index is 12.9. The first-order chi connectivity index (χ1) is 15.8. The minimum absolute atomic E-state index is 0.0356. The summed E-state index contributed by atoms with van der Waals surface area (Å²) >= 11 is 0. The Morgan fingerprint density at radius 1 is 1.06 bits per heavy atom. The molecule has 8 nitrogen and oxygen atoms in total. The Labute approximate surface area is 189 Å². The van der Waals surface area contributed by atoms with Crippen LogP contribution in [0.3, 0.4) is 0 Å². The van der Waals surface area contributed by atoms with Gasteiger partial charge in [0.25, 0.3) is 17.7 Å². The molecule has 3 aromatic rings. The van der Waals surface area contributed by atoms with Gasteiger partial charge in [0.1, 0.15) is 5.76 Å². The van der Waals surface area contributed by atoms with Gasteiger partial charge in [0.05, 0.1) is 36.4 Å². The minimum atomic E-state index is -0.457. The number of rotatable bonds is 5. The van der Waals surface area contributed by atoms with Crippen LogP contribution < -0.4 is 10.2 Å². The van der Waals surface area contributed by atoms with Crippen LogP contribution in [0.5, 0.6) is 0 Å². The van der Waals surface area contributed by atoms with Crippen LogP contribution in [0, 0.1) is 0 Å². The second-order valence-electron chi connectivity index (χ2n) is 8.25. The number of fused-ring (bicyclic) bond motifs is 2. The second kappa shape index (κ2) is 7.74. The number of likely N-dealkylation sites (N-methyl/N-ethyl adjacent to an activating group) is 1. The van der Waals surface area contributed by atoms with E-state index in [1.807, 2.05) is 25.1 Å². The van der Waals surface area contributed by atoms with E-state index in [1.54, 1.807) is 30.1 Å². The molecule has 2 aliphatic heterocycles. The number of benzene rings is 2. The number of carbonyl (C=O) groups excluding carboxylic acids is 4. The van der Waals surface area contributed by atoms with E-state index in [0.29, 0.717) is 12.2 Å².